The second kappa shape index (κ2) is 7.77. The topological polar surface area (TPSA) is 38.8 Å². The van der Waals surface area contributed by atoms with Gasteiger partial charge in [0.25, 0.3) is 0 Å². The van der Waals surface area contributed by atoms with Crippen LogP contribution in [0.5, 0.6) is 5.75 Å². The Morgan fingerprint density at radius 2 is 2.00 bits per heavy atom. The fraction of sp³-hybridized carbons (Fsp3) is 0.381. The van der Waals surface area contributed by atoms with Gasteiger partial charge in [-0.1, -0.05) is 23.7 Å². The Kier molecular flexibility index (Phi) is 5.61. The lowest BCUT2D eigenvalue weighted by Gasteiger charge is -2.31. The molecule has 0 spiro atoms. The van der Waals surface area contributed by atoms with Crippen molar-refractivity contribution in [2.45, 2.75) is 45.9 Å². The molecular formula is C21H23ClFNO3. The van der Waals surface area contributed by atoms with Gasteiger partial charge in [-0.05, 0) is 62.6 Å². The fourth-order valence-electron chi connectivity index (χ4n) is 2.93. The van der Waals surface area contributed by atoms with E-state index in [-0.39, 0.29) is 18.5 Å². The third-order valence-corrected chi connectivity index (χ3v) is 4.64. The third kappa shape index (κ3) is 4.92. The molecule has 1 aliphatic rings. The van der Waals surface area contributed by atoms with E-state index in [0.717, 1.165) is 11.1 Å². The minimum atomic E-state index is -0.511. The maximum Gasteiger partial charge on any atom is 0.410 e. The Labute approximate surface area is 163 Å². The average Bonchev–Trinajstić information content (AvgIpc) is 2.59. The number of benzene rings is 2. The Bertz CT molecular complexity index is 828. The molecule has 144 valence electrons. The number of ether oxygens (including phenoxy) is 2. The number of hydrogen-bond acceptors (Lipinski definition) is 3. The highest BCUT2D eigenvalue weighted by Crippen LogP contribution is 2.27. The summed E-state index contributed by atoms with van der Waals surface area (Å²) in [6.45, 7) is 6.72. The van der Waals surface area contributed by atoms with Gasteiger partial charge in [-0.3, -0.25) is 0 Å². The van der Waals surface area contributed by atoms with Gasteiger partial charge in [-0.25, -0.2) is 9.18 Å². The molecule has 0 bridgehead atoms. The standard InChI is InChI=1S/C21H23ClFNO3/c1-21(2,3)27-20(25)24-10-9-14-11-16(8-7-15(14)12-24)26-13-17-18(22)5-4-6-19(17)23/h4-8,11H,9-10,12-13H2,1-3H3. The molecule has 2 aromatic rings. The van der Waals surface area contributed by atoms with Crippen molar-refractivity contribution in [2.75, 3.05) is 6.54 Å². The summed E-state index contributed by atoms with van der Waals surface area (Å²) >= 11 is 6.03. The van der Waals surface area contributed by atoms with Crippen molar-refractivity contribution in [2.24, 2.45) is 0 Å². The molecule has 27 heavy (non-hydrogen) atoms. The second-order valence-electron chi connectivity index (χ2n) is 7.57. The predicted octanol–water partition coefficient (Wildman–Crippen LogP) is 5.35. The second-order valence-corrected chi connectivity index (χ2v) is 7.98. The van der Waals surface area contributed by atoms with Crippen molar-refractivity contribution in [3.8, 4) is 5.75 Å². The quantitative estimate of drug-likeness (QED) is 0.707. The van der Waals surface area contributed by atoms with E-state index >= 15 is 0 Å². The third-order valence-electron chi connectivity index (χ3n) is 4.29. The zero-order chi connectivity index (χ0) is 19.6. The molecule has 3 rings (SSSR count). The number of amides is 1. The maximum atomic E-state index is 13.8. The van der Waals surface area contributed by atoms with Crippen molar-refractivity contribution >= 4 is 17.7 Å². The zero-order valence-electron chi connectivity index (χ0n) is 15.7. The SMILES string of the molecule is CC(C)(C)OC(=O)N1CCc2cc(OCc3c(F)cccc3Cl)ccc2C1. The molecule has 1 heterocycles. The molecule has 0 aliphatic carbocycles. The van der Waals surface area contributed by atoms with E-state index in [1.807, 2.05) is 39.0 Å². The van der Waals surface area contributed by atoms with Crippen LogP contribution in [0.3, 0.4) is 0 Å². The molecule has 0 saturated heterocycles. The summed E-state index contributed by atoms with van der Waals surface area (Å²) in [6, 6.07) is 10.3. The molecule has 0 N–H and O–H groups in total. The molecule has 0 saturated carbocycles. The van der Waals surface area contributed by atoms with E-state index < -0.39 is 5.60 Å². The minimum absolute atomic E-state index is 0.0638. The molecule has 1 amide bonds. The van der Waals surface area contributed by atoms with E-state index in [9.17, 15) is 9.18 Å². The van der Waals surface area contributed by atoms with E-state index in [1.165, 1.54) is 6.07 Å². The van der Waals surface area contributed by atoms with Gasteiger partial charge in [0.2, 0.25) is 0 Å². The first-order chi connectivity index (χ1) is 12.7. The van der Waals surface area contributed by atoms with Gasteiger partial charge >= 0.3 is 6.09 Å². The summed E-state index contributed by atoms with van der Waals surface area (Å²) in [5, 5.41) is 0.348. The highest BCUT2D eigenvalue weighted by molar-refractivity contribution is 6.31. The normalized spacial score (nSPS) is 13.9. The van der Waals surface area contributed by atoms with Crippen LogP contribution in [0.4, 0.5) is 9.18 Å². The van der Waals surface area contributed by atoms with Gasteiger partial charge in [-0.15, -0.1) is 0 Å². The number of fused-ring (bicyclic) bond motifs is 1. The summed E-state index contributed by atoms with van der Waals surface area (Å²) in [7, 11) is 0. The fourth-order valence-corrected chi connectivity index (χ4v) is 3.14. The molecule has 2 aromatic carbocycles. The summed E-state index contributed by atoms with van der Waals surface area (Å²) in [6.07, 6.45) is 0.411. The number of halogens is 2. The van der Waals surface area contributed by atoms with Gasteiger partial charge in [-0.2, -0.15) is 0 Å². The van der Waals surface area contributed by atoms with Crippen molar-refractivity contribution in [3.05, 3.63) is 63.9 Å². The van der Waals surface area contributed by atoms with Crippen molar-refractivity contribution in [3.63, 3.8) is 0 Å². The van der Waals surface area contributed by atoms with Crippen LogP contribution in [-0.4, -0.2) is 23.1 Å². The van der Waals surface area contributed by atoms with Crippen LogP contribution >= 0.6 is 11.6 Å². The van der Waals surface area contributed by atoms with E-state index in [2.05, 4.69) is 0 Å². The van der Waals surface area contributed by atoms with E-state index in [4.69, 9.17) is 21.1 Å². The molecule has 0 fully saturated rings. The number of carbonyl (C=O) groups is 1. The Morgan fingerprint density at radius 3 is 2.70 bits per heavy atom. The summed E-state index contributed by atoms with van der Waals surface area (Å²) in [5.74, 6) is 0.271. The Balaban J connectivity index is 1.66. The molecule has 0 unspecified atom stereocenters. The highest BCUT2D eigenvalue weighted by Gasteiger charge is 2.25. The first-order valence-electron chi connectivity index (χ1n) is 8.88. The van der Waals surface area contributed by atoms with Crippen molar-refractivity contribution in [1.82, 2.24) is 4.90 Å². The summed E-state index contributed by atoms with van der Waals surface area (Å²) in [5.41, 5.74) is 2.01. The molecule has 4 nitrogen and oxygen atoms in total. The Morgan fingerprint density at radius 1 is 1.22 bits per heavy atom. The van der Waals surface area contributed by atoms with Crippen LogP contribution in [0.15, 0.2) is 36.4 Å². The van der Waals surface area contributed by atoms with E-state index in [0.29, 0.717) is 35.8 Å². The van der Waals surface area contributed by atoms with Gasteiger partial charge in [0.05, 0.1) is 5.02 Å². The molecule has 0 atom stereocenters. The minimum Gasteiger partial charge on any atom is -0.489 e. The number of carbonyl (C=O) groups excluding carboxylic acids is 1. The molecule has 1 aliphatic heterocycles. The predicted molar refractivity (Wildman–Crippen MR) is 103 cm³/mol. The van der Waals surface area contributed by atoms with Crippen LogP contribution in [0.1, 0.15) is 37.5 Å². The summed E-state index contributed by atoms with van der Waals surface area (Å²) in [4.78, 5) is 13.9. The van der Waals surface area contributed by atoms with Crippen LogP contribution in [0.25, 0.3) is 0 Å². The number of rotatable bonds is 3. The molecule has 0 aromatic heterocycles. The van der Waals surface area contributed by atoms with Gasteiger partial charge in [0, 0.05) is 18.7 Å². The van der Waals surface area contributed by atoms with Crippen LogP contribution in [-0.2, 0) is 24.3 Å². The van der Waals surface area contributed by atoms with Crippen LogP contribution in [0, 0.1) is 5.82 Å². The highest BCUT2D eigenvalue weighted by atomic mass is 35.5. The van der Waals surface area contributed by atoms with Crippen molar-refractivity contribution in [1.29, 1.82) is 0 Å². The Hall–Kier alpha value is -2.27. The number of hydrogen-bond donors (Lipinski definition) is 0. The molecule has 6 heteroatoms. The lowest BCUT2D eigenvalue weighted by atomic mass is 10.00. The first-order valence-corrected chi connectivity index (χ1v) is 9.26. The largest absolute Gasteiger partial charge is 0.489 e. The summed E-state index contributed by atoms with van der Waals surface area (Å²) < 4.78 is 25.0. The van der Waals surface area contributed by atoms with Crippen LogP contribution in [0.2, 0.25) is 5.02 Å². The molecule has 0 radical (unpaired) electrons. The van der Waals surface area contributed by atoms with E-state index in [1.54, 1.807) is 17.0 Å². The van der Waals surface area contributed by atoms with Crippen molar-refractivity contribution < 1.29 is 18.7 Å². The average molecular weight is 392 g/mol. The maximum absolute atomic E-state index is 13.8. The molecular weight excluding hydrogens is 369 g/mol. The van der Waals surface area contributed by atoms with Gasteiger partial charge < -0.3 is 14.4 Å². The van der Waals surface area contributed by atoms with Gasteiger partial charge in [0.1, 0.15) is 23.8 Å². The van der Waals surface area contributed by atoms with Gasteiger partial charge in [0.15, 0.2) is 0 Å². The zero-order valence-corrected chi connectivity index (χ0v) is 16.5. The smallest absolute Gasteiger partial charge is 0.410 e. The first kappa shape index (κ1) is 19.5. The number of nitrogens with zero attached hydrogens (tertiary/aromatic N) is 1. The lowest BCUT2D eigenvalue weighted by molar-refractivity contribution is 0.0224. The monoisotopic (exact) mass is 391 g/mol. The van der Waals surface area contributed by atoms with Crippen LogP contribution < -0.4 is 4.74 Å². The lowest BCUT2D eigenvalue weighted by Crippen LogP contribution is -2.39.